The normalized spacial score (nSPS) is 11.7. The van der Waals surface area contributed by atoms with E-state index in [9.17, 15) is 18.0 Å². The molecule has 1 aromatic rings. The lowest BCUT2D eigenvalue weighted by Gasteiger charge is -2.13. The molecule has 1 aromatic carbocycles. The molecule has 0 bridgehead atoms. The topological polar surface area (TPSA) is 65.5 Å². The molecule has 0 atom stereocenters. The molecule has 0 aliphatic heterocycles. The quantitative estimate of drug-likeness (QED) is 0.240. The van der Waals surface area contributed by atoms with Crippen molar-refractivity contribution in [2.24, 2.45) is 10.9 Å². The number of benzene rings is 1. The van der Waals surface area contributed by atoms with Gasteiger partial charge < -0.3 is 16.0 Å². The molecule has 0 radical (unpaired) electrons. The first-order valence-corrected chi connectivity index (χ1v) is 8.20. The van der Waals surface area contributed by atoms with Crippen LogP contribution in [0.4, 0.5) is 13.2 Å². The van der Waals surface area contributed by atoms with Crippen LogP contribution in [0.15, 0.2) is 29.3 Å². The van der Waals surface area contributed by atoms with Crippen molar-refractivity contribution >= 4 is 35.8 Å². The number of nitrogens with one attached hydrogen (secondary N) is 3. The van der Waals surface area contributed by atoms with Crippen molar-refractivity contribution in [3.8, 4) is 0 Å². The highest BCUT2D eigenvalue weighted by molar-refractivity contribution is 14.0. The molecule has 0 saturated carbocycles. The number of halogens is 4. The van der Waals surface area contributed by atoms with Gasteiger partial charge in [0.2, 0.25) is 5.91 Å². The van der Waals surface area contributed by atoms with E-state index in [1.54, 1.807) is 6.07 Å². The Bertz CT molecular complexity index is 592. The zero-order valence-electron chi connectivity index (χ0n) is 15.1. The summed E-state index contributed by atoms with van der Waals surface area (Å²) in [7, 11) is 0. The number of nitrogens with zero attached hydrogens (tertiary/aromatic N) is 1. The summed E-state index contributed by atoms with van der Waals surface area (Å²) in [5.41, 5.74) is -0.213. The zero-order valence-corrected chi connectivity index (χ0v) is 17.4. The third kappa shape index (κ3) is 9.25. The van der Waals surface area contributed by atoms with Crippen LogP contribution in [-0.4, -0.2) is 31.5 Å². The van der Waals surface area contributed by atoms with Gasteiger partial charge in [-0.2, -0.15) is 13.2 Å². The Kier molecular flexibility index (Phi) is 11.3. The fourth-order valence-corrected chi connectivity index (χ4v) is 1.93. The van der Waals surface area contributed by atoms with Crippen LogP contribution in [-0.2, 0) is 17.5 Å². The first-order chi connectivity index (χ1) is 11.7. The average Bonchev–Trinajstić information content (AvgIpc) is 2.55. The number of hydrogen-bond acceptors (Lipinski definition) is 2. The fraction of sp³-hybridized carbons (Fsp3) is 0.529. The number of carbonyl (C=O) groups is 1. The molecule has 0 spiro atoms. The predicted octanol–water partition coefficient (Wildman–Crippen LogP) is 3.15. The molecule has 0 unspecified atom stereocenters. The van der Waals surface area contributed by atoms with Crippen LogP contribution < -0.4 is 16.0 Å². The lowest BCUT2D eigenvalue weighted by Crippen LogP contribution is -2.42. The van der Waals surface area contributed by atoms with E-state index < -0.39 is 11.7 Å². The van der Waals surface area contributed by atoms with E-state index >= 15 is 0 Å². The molecule has 0 saturated heterocycles. The van der Waals surface area contributed by atoms with Gasteiger partial charge >= 0.3 is 6.18 Å². The third-order valence-corrected chi connectivity index (χ3v) is 3.26. The van der Waals surface area contributed by atoms with Gasteiger partial charge in [-0.25, -0.2) is 4.99 Å². The summed E-state index contributed by atoms with van der Waals surface area (Å²) in [5, 5.41) is 8.81. The number of carbonyl (C=O) groups excluding carboxylic acids is 1. The van der Waals surface area contributed by atoms with Crippen molar-refractivity contribution < 1.29 is 18.0 Å². The number of aliphatic imine (C=N–C) groups is 1. The largest absolute Gasteiger partial charge is 0.416 e. The Morgan fingerprint density at radius 3 is 2.38 bits per heavy atom. The minimum atomic E-state index is -4.36. The van der Waals surface area contributed by atoms with Gasteiger partial charge in [0.15, 0.2) is 5.96 Å². The molecule has 0 aromatic heterocycles. The highest BCUT2D eigenvalue weighted by atomic mass is 127. The number of rotatable bonds is 7. The predicted molar refractivity (Wildman–Crippen MR) is 108 cm³/mol. The first kappa shape index (κ1) is 24.5. The minimum absolute atomic E-state index is 0. The van der Waals surface area contributed by atoms with E-state index in [1.807, 2.05) is 20.8 Å². The molecule has 1 rings (SSSR count). The van der Waals surface area contributed by atoms with Gasteiger partial charge in [-0.1, -0.05) is 26.0 Å². The molecule has 26 heavy (non-hydrogen) atoms. The van der Waals surface area contributed by atoms with Crippen LogP contribution in [0.2, 0.25) is 0 Å². The number of amides is 1. The van der Waals surface area contributed by atoms with E-state index in [4.69, 9.17) is 0 Å². The van der Waals surface area contributed by atoms with Gasteiger partial charge in [0.25, 0.3) is 0 Å². The average molecular weight is 486 g/mol. The van der Waals surface area contributed by atoms with E-state index in [0.29, 0.717) is 31.2 Å². The second-order valence-corrected chi connectivity index (χ2v) is 5.77. The number of hydrogen-bond donors (Lipinski definition) is 3. The molecule has 148 valence electrons. The van der Waals surface area contributed by atoms with Crippen LogP contribution in [0.1, 0.15) is 31.9 Å². The van der Waals surface area contributed by atoms with Crippen LogP contribution in [0.5, 0.6) is 0 Å². The number of alkyl halides is 3. The standard InChI is InChI=1S/C17H25F3N4O.HI/c1-4-21-16(23-9-8-22-15(25)12(2)3)24-11-13-6-5-7-14(10-13)17(18,19)20;/h5-7,10,12H,4,8-9,11H2,1-3H3,(H,22,25)(H2,21,23,24);1H. The summed E-state index contributed by atoms with van der Waals surface area (Å²) in [6.07, 6.45) is -4.36. The molecule has 3 N–H and O–H groups in total. The first-order valence-electron chi connectivity index (χ1n) is 8.20. The molecule has 0 aliphatic carbocycles. The van der Waals surface area contributed by atoms with E-state index in [-0.39, 0.29) is 42.3 Å². The van der Waals surface area contributed by atoms with Crippen molar-refractivity contribution in [2.75, 3.05) is 19.6 Å². The van der Waals surface area contributed by atoms with Crippen molar-refractivity contribution in [1.82, 2.24) is 16.0 Å². The van der Waals surface area contributed by atoms with Gasteiger partial charge in [-0.3, -0.25) is 4.79 Å². The van der Waals surface area contributed by atoms with Gasteiger partial charge in [0, 0.05) is 25.6 Å². The van der Waals surface area contributed by atoms with Crippen LogP contribution >= 0.6 is 24.0 Å². The SMILES string of the molecule is CCNC(=NCc1cccc(C(F)(F)F)c1)NCCNC(=O)C(C)C.I. The molecule has 1 amide bonds. The number of guanidine groups is 1. The van der Waals surface area contributed by atoms with E-state index in [2.05, 4.69) is 20.9 Å². The van der Waals surface area contributed by atoms with Gasteiger partial charge in [0.05, 0.1) is 12.1 Å². The van der Waals surface area contributed by atoms with E-state index in [1.165, 1.54) is 6.07 Å². The van der Waals surface area contributed by atoms with Crippen molar-refractivity contribution in [3.63, 3.8) is 0 Å². The van der Waals surface area contributed by atoms with Crippen molar-refractivity contribution in [1.29, 1.82) is 0 Å². The maximum absolute atomic E-state index is 12.7. The van der Waals surface area contributed by atoms with Crippen molar-refractivity contribution in [3.05, 3.63) is 35.4 Å². The second kappa shape index (κ2) is 12.0. The molecular weight excluding hydrogens is 460 g/mol. The summed E-state index contributed by atoms with van der Waals surface area (Å²) in [4.78, 5) is 15.7. The summed E-state index contributed by atoms with van der Waals surface area (Å²) in [5.74, 6) is 0.370. The molecule has 5 nitrogen and oxygen atoms in total. The lowest BCUT2D eigenvalue weighted by molar-refractivity contribution is -0.137. The molecule has 9 heteroatoms. The third-order valence-electron chi connectivity index (χ3n) is 3.26. The summed E-state index contributed by atoms with van der Waals surface area (Å²) in [6, 6.07) is 5.10. The van der Waals surface area contributed by atoms with Gasteiger partial charge in [-0.15, -0.1) is 24.0 Å². The molecular formula is C17H26F3IN4O. The van der Waals surface area contributed by atoms with E-state index in [0.717, 1.165) is 12.1 Å². The Morgan fingerprint density at radius 1 is 1.15 bits per heavy atom. The smallest absolute Gasteiger partial charge is 0.357 e. The van der Waals surface area contributed by atoms with Crippen LogP contribution in [0.25, 0.3) is 0 Å². The fourth-order valence-electron chi connectivity index (χ4n) is 1.93. The lowest BCUT2D eigenvalue weighted by atomic mass is 10.1. The van der Waals surface area contributed by atoms with Crippen molar-refractivity contribution in [2.45, 2.75) is 33.5 Å². The zero-order chi connectivity index (χ0) is 18.9. The maximum Gasteiger partial charge on any atom is 0.416 e. The van der Waals surface area contributed by atoms with Gasteiger partial charge in [-0.05, 0) is 24.6 Å². The van der Waals surface area contributed by atoms with Crippen LogP contribution in [0.3, 0.4) is 0 Å². The Balaban J connectivity index is 0.00000625. The Morgan fingerprint density at radius 2 is 1.81 bits per heavy atom. The maximum atomic E-state index is 12.7. The summed E-state index contributed by atoms with van der Waals surface area (Å²) < 4.78 is 38.2. The highest BCUT2D eigenvalue weighted by Crippen LogP contribution is 2.29. The summed E-state index contributed by atoms with van der Waals surface area (Å²) >= 11 is 0. The molecule has 0 aliphatic rings. The Hall–Kier alpha value is -1.52. The second-order valence-electron chi connectivity index (χ2n) is 5.77. The minimum Gasteiger partial charge on any atom is -0.357 e. The van der Waals surface area contributed by atoms with Crippen LogP contribution in [0, 0.1) is 5.92 Å². The van der Waals surface area contributed by atoms with Gasteiger partial charge in [0.1, 0.15) is 0 Å². The molecule has 0 fully saturated rings. The highest BCUT2D eigenvalue weighted by Gasteiger charge is 2.30. The molecule has 0 heterocycles. The monoisotopic (exact) mass is 486 g/mol. The Labute approximate surface area is 169 Å². The summed E-state index contributed by atoms with van der Waals surface area (Å²) in [6.45, 7) is 7.15.